The Morgan fingerprint density at radius 1 is 1.30 bits per heavy atom. The molecule has 0 heterocycles. The molecule has 10 heavy (non-hydrogen) atoms. The van der Waals surface area contributed by atoms with E-state index in [0.717, 1.165) is 5.92 Å². The van der Waals surface area contributed by atoms with Gasteiger partial charge in [0.2, 0.25) is 0 Å². The minimum atomic E-state index is 1.01. The van der Waals surface area contributed by atoms with Gasteiger partial charge in [-0.1, -0.05) is 45.4 Å². The lowest BCUT2D eigenvalue weighted by Gasteiger charge is -2.16. The van der Waals surface area contributed by atoms with Gasteiger partial charge in [0.05, 0.1) is 0 Å². The van der Waals surface area contributed by atoms with Gasteiger partial charge in [-0.15, -0.1) is 0 Å². The van der Waals surface area contributed by atoms with Gasteiger partial charge in [-0.25, -0.2) is 0 Å². The van der Waals surface area contributed by atoms with E-state index >= 15 is 0 Å². The molecule has 1 atom stereocenters. The van der Waals surface area contributed by atoms with E-state index < -0.39 is 0 Å². The average molecular weight is 139 g/mol. The van der Waals surface area contributed by atoms with Gasteiger partial charge >= 0.3 is 0 Å². The van der Waals surface area contributed by atoms with Gasteiger partial charge in [-0.2, -0.15) is 0 Å². The van der Waals surface area contributed by atoms with Crippen LogP contribution in [0.1, 0.15) is 51.9 Å². The van der Waals surface area contributed by atoms with Crippen molar-refractivity contribution in [1.29, 1.82) is 0 Å². The standard InChI is InChI=1S/C10H19/c1-2-10-8-6-4-3-5-7-9-10/h6,10H,2-5,7-9H2,1H3. The molecule has 0 aliphatic heterocycles. The summed E-state index contributed by atoms with van der Waals surface area (Å²) in [7, 11) is 0. The monoisotopic (exact) mass is 139 g/mol. The van der Waals surface area contributed by atoms with Crippen LogP contribution in [0, 0.1) is 12.3 Å². The predicted molar refractivity (Wildman–Crippen MR) is 45.8 cm³/mol. The smallest absolute Gasteiger partial charge is 0.0383 e. The Balaban J connectivity index is 2.16. The molecular weight excluding hydrogens is 120 g/mol. The first-order valence-corrected chi connectivity index (χ1v) is 4.75. The molecule has 0 aromatic rings. The molecule has 0 aromatic carbocycles. The van der Waals surface area contributed by atoms with Gasteiger partial charge in [0, 0.05) is 0 Å². The quantitative estimate of drug-likeness (QED) is 0.521. The first-order valence-electron chi connectivity index (χ1n) is 4.75. The summed E-state index contributed by atoms with van der Waals surface area (Å²) in [6, 6.07) is 0. The van der Waals surface area contributed by atoms with Crippen molar-refractivity contribution in [1.82, 2.24) is 0 Å². The maximum Gasteiger partial charge on any atom is -0.0383 e. The highest BCUT2D eigenvalue weighted by Crippen LogP contribution is 2.23. The molecule has 0 amide bonds. The molecule has 0 aromatic heterocycles. The summed E-state index contributed by atoms with van der Waals surface area (Å²) in [6.07, 6.45) is 12.5. The Morgan fingerprint density at radius 3 is 3.00 bits per heavy atom. The molecule has 1 fully saturated rings. The summed E-state index contributed by atoms with van der Waals surface area (Å²) in [5.74, 6) is 1.01. The Kier molecular flexibility index (Phi) is 3.86. The fourth-order valence-corrected chi connectivity index (χ4v) is 1.74. The SMILES string of the molecule is CCC1C[CH]CCCCC1. The van der Waals surface area contributed by atoms with E-state index in [9.17, 15) is 0 Å². The summed E-state index contributed by atoms with van der Waals surface area (Å²) in [6.45, 7) is 2.32. The highest BCUT2D eigenvalue weighted by atomic mass is 14.1. The van der Waals surface area contributed by atoms with Crippen molar-refractivity contribution in [2.75, 3.05) is 0 Å². The number of rotatable bonds is 1. The van der Waals surface area contributed by atoms with Crippen LogP contribution < -0.4 is 0 Å². The summed E-state index contributed by atoms with van der Waals surface area (Å²) < 4.78 is 0. The second-order valence-electron chi connectivity index (χ2n) is 3.44. The maximum absolute atomic E-state index is 2.49. The largest absolute Gasteiger partial charge is 0.0651 e. The molecule has 0 nitrogen and oxygen atoms in total. The van der Waals surface area contributed by atoms with Crippen molar-refractivity contribution < 1.29 is 0 Å². The van der Waals surface area contributed by atoms with Gasteiger partial charge in [-0.3, -0.25) is 0 Å². The molecule has 0 heteroatoms. The zero-order valence-corrected chi connectivity index (χ0v) is 7.10. The van der Waals surface area contributed by atoms with Gasteiger partial charge in [-0.05, 0) is 18.8 Å². The van der Waals surface area contributed by atoms with Crippen LogP contribution in [-0.4, -0.2) is 0 Å². The van der Waals surface area contributed by atoms with E-state index in [1.54, 1.807) is 0 Å². The summed E-state index contributed by atoms with van der Waals surface area (Å²) >= 11 is 0. The van der Waals surface area contributed by atoms with Crippen LogP contribution in [0.3, 0.4) is 0 Å². The van der Waals surface area contributed by atoms with Gasteiger partial charge in [0.15, 0.2) is 0 Å². The third kappa shape index (κ3) is 2.72. The van der Waals surface area contributed by atoms with Crippen molar-refractivity contribution >= 4 is 0 Å². The Morgan fingerprint density at radius 2 is 2.20 bits per heavy atom. The molecule has 0 spiro atoms. The Bertz CT molecular complexity index is 68.1. The number of hydrogen-bond donors (Lipinski definition) is 0. The van der Waals surface area contributed by atoms with Crippen LogP contribution in [0.25, 0.3) is 0 Å². The second kappa shape index (κ2) is 4.76. The first kappa shape index (κ1) is 8.10. The molecule has 0 bridgehead atoms. The van der Waals surface area contributed by atoms with Crippen LogP contribution in [0.4, 0.5) is 0 Å². The third-order valence-corrected chi connectivity index (χ3v) is 2.60. The molecule has 0 saturated heterocycles. The fourth-order valence-electron chi connectivity index (χ4n) is 1.74. The van der Waals surface area contributed by atoms with Crippen molar-refractivity contribution in [2.24, 2.45) is 5.92 Å². The molecule has 0 N–H and O–H groups in total. The van der Waals surface area contributed by atoms with Crippen LogP contribution >= 0.6 is 0 Å². The van der Waals surface area contributed by atoms with Crippen molar-refractivity contribution in [3.63, 3.8) is 0 Å². The van der Waals surface area contributed by atoms with Gasteiger partial charge in [0.1, 0.15) is 0 Å². The lowest BCUT2D eigenvalue weighted by atomic mass is 9.90. The third-order valence-electron chi connectivity index (χ3n) is 2.60. The fraction of sp³-hybridized carbons (Fsp3) is 0.900. The van der Waals surface area contributed by atoms with Crippen LogP contribution in [0.5, 0.6) is 0 Å². The van der Waals surface area contributed by atoms with E-state index in [4.69, 9.17) is 0 Å². The van der Waals surface area contributed by atoms with Gasteiger partial charge in [0.25, 0.3) is 0 Å². The van der Waals surface area contributed by atoms with Crippen LogP contribution in [-0.2, 0) is 0 Å². The van der Waals surface area contributed by atoms with Crippen LogP contribution in [0.15, 0.2) is 0 Å². The Labute approximate surface area is 65.0 Å². The minimum absolute atomic E-state index is 1.01. The van der Waals surface area contributed by atoms with Crippen molar-refractivity contribution in [3.05, 3.63) is 6.42 Å². The normalized spacial score (nSPS) is 23.7. The zero-order valence-electron chi connectivity index (χ0n) is 7.10. The molecule has 1 saturated carbocycles. The second-order valence-corrected chi connectivity index (χ2v) is 3.44. The summed E-state index contributed by atoms with van der Waals surface area (Å²) in [5.41, 5.74) is 0. The van der Waals surface area contributed by atoms with E-state index in [0.29, 0.717) is 0 Å². The predicted octanol–water partition coefficient (Wildman–Crippen LogP) is 3.57. The number of hydrogen-bond acceptors (Lipinski definition) is 0. The maximum atomic E-state index is 2.49. The average Bonchev–Trinajstić information content (AvgIpc) is 1.87. The Hall–Kier alpha value is 0. The molecule has 1 rings (SSSR count). The van der Waals surface area contributed by atoms with Crippen molar-refractivity contribution in [2.45, 2.75) is 51.9 Å². The minimum Gasteiger partial charge on any atom is -0.0651 e. The molecular formula is C10H19. The lowest BCUT2D eigenvalue weighted by Crippen LogP contribution is -2.02. The van der Waals surface area contributed by atoms with E-state index in [1.807, 2.05) is 0 Å². The molecule has 1 unspecified atom stereocenters. The summed E-state index contributed by atoms with van der Waals surface area (Å²) in [4.78, 5) is 0. The first-order chi connectivity index (χ1) is 4.93. The van der Waals surface area contributed by atoms with Crippen molar-refractivity contribution in [3.8, 4) is 0 Å². The molecule has 1 radical (unpaired) electrons. The zero-order chi connectivity index (χ0) is 7.23. The molecule has 1 aliphatic rings. The molecule has 59 valence electrons. The summed E-state index contributed by atoms with van der Waals surface area (Å²) in [5, 5.41) is 0. The van der Waals surface area contributed by atoms with Crippen LogP contribution in [0.2, 0.25) is 0 Å². The lowest BCUT2D eigenvalue weighted by molar-refractivity contribution is 0.411. The van der Waals surface area contributed by atoms with E-state index in [2.05, 4.69) is 13.3 Å². The van der Waals surface area contributed by atoms with Gasteiger partial charge < -0.3 is 0 Å². The van der Waals surface area contributed by atoms with E-state index in [1.165, 1.54) is 44.9 Å². The highest BCUT2D eigenvalue weighted by Gasteiger charge is 2.08. The highest BCUT2D eigenvalue weighted by molar-refractivity contribution is 4.73. The molecule has 1 aliphatic carbocycles. The van der Waals surface area contributed by atoms with E-state index in [-0.39, 0.29) is 0 Å². The topological polar surface area (TPSA) is 0 Å².